The molecule has 0 atom stereocenters. The van der Waals surface area contributed by atoms with Crippen molar-refractivity contribution < 1.29 is 0 Å². The van der Waals surface area contributed by atoms with E-state index in [0.29, 0.717) is 28.6 Å². The number of rotatable bonds is 6. The molecule has 0 aliphatic heterocycles. The molecule has 30 heavy (non-hydrogen) atoms. The van der Waals surface area contributed by atoms with Crippen LogP contribution < -0.4 is 5.32 Å². The Hall–Kier alpha value is -2.34. The van der Waals surface area contributed by atoms with Gasteiger partial charge in [0.05, 0.1) is 12.1 Å². The maximum absolute atomic E-state index is 6.45. The van der Waals surface area contributed by atoms with Crippen LogP contribution in [0.4, 0.5) is 5.95 Å². The molecule has 0 radical (unpaired) electrons. The lowest BCUT2D eigenvalue weighted by molar-refractivity contribution is 0.403. The first-order valence-electron chi connectivity index (χ1n) is 10.1. The smallest absolute Gasteiger partial charge is 0.223 e. The van der Waals surface area contributed by atoms with Gasteiger partial charge in [-0.05, 0) is 56.8 Å². The molecular formula is C23H23Cl2N5. The molecule has 5 nitrogen and oxygen atoms in total. The lowest BCUT2D eigenvalue weighted by Crippen LogP contribution is -2.10. The average molecular weight is 440 g/mol. The summed E-state index contributed by atoms with van der Waals surface area (Å²) in [6, 6.07) is 10.4. The maximum Gasteiger partial charge on any atom is 0.223 e. The molecule has 154 valence electrons. The molecule has 7 heteroatoms. The second kappa shape index (κ2) is 7.73. The molecular weight excluding hydrogens is 417 g/mol. The number of hydrogen-bond acceptors (Lipinski definition) is 4. The summed E-state index contributed by atoms with van der Waals surface area (Å²) in [6.45, 7) is 1.43. The van der Waals surface area contributed by atoms with Gasteiger partial charge in [-0.2, -0.15) is 0 Å². The van der Waals surface area contributed by atoms with Crippen molar-refractivity contribution in [1.29, 1.82) is 0 Å². The van der Waals surface area contributed by atoms with Gasteiger partial charge < -0.3 is 14.8 Å². The van der Waals surface area contributed by atoms with Crippen LogP contribution in [0, 0.1) is 0 Å². The number of fused-ring (bicyclic) bond motifs is 3. The van der Waals surface area contributed by atoms with Crippen LogP contribution in [0.1, 0.15) is 24.0 Å². The van der Waals surface area contributed by atoms with E-state index >= 15 is 0 Å². The number of hydrogen-bond donors (Lipinski definition) is 1. The predicted octanol–water partition coefficient (Wildman–Crippen LogP) is 5.58. The molecule has 0 bridgehead atoms. The second-order valence-electron chi connectivity index (χ2n) is 8.22. The molecule has 1 saturated carbocycles. The lowest BCUT2D eigenvalue weighted by atomic mass is 10.1. The summed E-state index contributed by atoms with van der Waals surface area (Å²) < 4.78 is 2.22. The van der Waals surface area contributed by atoms with Gasteiger partial charge in [0.15, 0.2) is 0 Å². The van der Waals surface area contributed by atoms with Crippen LogP contribution in [0.15, 0.2) is 42.7 Å². The number of aromatic nitrogens is 3. The van der Waals surface area contributed by atoms with Crippen LogP contribution in [-0.4, -0.2) is 39.6 Å². The Kier molecular flexibility index (Phi) is 5.05. The van der Waals surface area contributed by atoms with Crippen molar-refractivity contribution in [2.24, 2.45) is 0 Å². The van der Waals surface area contributed by atoms with Crippen LogP contribution in [-0.2, 0) is 13.1 Å². The first-order valence-corrected chi connectivity index (χ1v) is 10.9. The summed E-state index contributed by atoms with van der Waals surface area (Å²) in [5, 5.41) is 6.99. The molecule has 0 saturated heterocycles. The Labute approximate surface area is 185 Å². The van der Waals surface area contributed by atoms with E-state index in [9.17, 15) is 0 Å². The van der Waals surface area contributed by atoms with Gasteiger partial charge in [0, 0.05) is 56.9 Å². The van der Waals surface area contributed by atoms with Gasteiger partial charge in [-0.3, -0.25) is 0 Å². The molecule has 0 spiro atoms. The van der Waals surface area contributed by atoms with E-state index in [1.54, 1.807) is 0 Å². The Morgan fingerprint density at radius 1 is 1.13 bits per heavy atom. The molecule has 0 unspecified atom stereocenters. The number of anilines is 1. The Morgan fingerprint density at radius 3 is 2.60 bits per heavy atom. The van der Waals surface area contributed by atoms with Gasteiger partial charge in [-0.1, -0.05) is 29.3 Å². The fourth-order valence-corrected chi connectivity index (χ4v) is 4.43. The Balaban J connectivity index is 1.65. The van der Waals surface area contributed by atoms with Crippen LogP contribution >= 0.6 is 23.2 Å². The van der Waals surface area contributed by atoms with Gasteiger partial charge >= 0.3 is 0 Å². The Bertz CT molecular complexity index is 1220. The van der Waals surface area contributed by atoms with Gasteiger partial charge in [0.25, 0.3) is 0 Å². The van der Waals surface area contributed by atoms with Crippen molar-refractivity contribution in [2.45, 2.75) is 32.0 Å². The fraction of sp³-hybridized carbons (Fsp3) is 0.304. The highest BCUT2D eigenvalue weighted by Gasteiger charge is 2.22. The van der Waals surface area contributed by atoms with Crippen LogP contribution in [0.5, 0.6) is 0 Å². The average Bonchev–Trinajstić information content (AvgIpc) is 3.45. The normalized spacial score (nSPS) is 14.2. The molecule has 2 aromatic heterocycles. The summed E-state index contributed by atoms with van der Waals surface area (Å²) in [5.41, 5.74) is 4.24. The lowest BCUT2D eigenvalue weighted by Gasteiger charge is -2.10. The summed E-state index contributed by atoms with van der Waals surface area (Å²) >= 11 is 12.9. The fourth-order valence-electron chi connectivity index (χ4n) is 3.92. The zero-order chi connectivity index (χ0) is 20.8. The Morgan fingerprint density at radius 2 is 1.90 bits per heavy atom. The second-order valence-corrected chi connectivity index (χ2v) is 9.04. The van der Waals surface area contributed by atoms with Gasteiger partial charge in [0.2, 0.25) is 5.95 Å². The molecule has 2 aromatic carbocycles. The molecule has 0 amide bonds. The summed E-state index contributed by atoms with van der Waals surface area (Å²) in [6.07, 6.45) is 6.53. The first-order chi connectivity index (χ1) is 14.5. The van der Waals surface area contributed by atoms with Crippen molar-refractivity contribution >= 4 is 51.0 Å². The van der Waals surface area contributed by atoms with Crippen molar-refractivity contribution in [3.05, 3.63) is 63.9 Å². The number of halogens is 2. The number of nitrogens with zero attached hydrogens (tertiary/aromatic N) is 4. The van der Waals surface area contributed by atoms with Gasteiger partial charge in [-0.25, -0.2) is 9.97 Å². The van der Waals surface area contributed by atoms with Crippen LogP contribution in [0.2, 0.25) is 10.0 Å². The van der Waals surface area contributed by atoms with Crippen molar-refractivity contribution in [3.8, 4) is 0 Å². The van der Waals surface area contributed by atoms with Crippen molar-refractivity contribution in [2.75, 3.05) is 19.4 Å². The van der Waals surface area contributed by atoms with Crippen molar-refractivity contribution in [3.63, 3.8) is 0 Å². The van der Waals surface area contributed by atoms with E-state index in [1.807, 2.05) is 24.4 Å². The van der Waals surface area contributed by atoms with E-state index in [0.717, 1.165) is 28.5 Å². The van der Waals surface area contributed by atoms with Crippen molar-refractivity contribution in [1.82, 2.24) is 19.4 Å². The minimum Gasteiger partial charge on any atom is -0.351 e. The first kappa shape index (κ1) is 19.6. The maximum atomic E-state index is 6.45. The molecule has 1 aliphatic rings. The largest absolute Gasteiger partial charge is 0.351 e. The minimum absolute atomic E-state index is 0.525. The molecule has 1 fully saturated rings. The van der Waals surface area contributed by atoms with Gasteiger partial charge in [-0.15, -0.1) is 0 Å². The SMILES string of the molecule is CN(C)Cc1cn(Cc2c(Cl)cccc2Cl)c2ccc3nc(NC4CC4)ncc3c12. The molecule has 1 N–H and O–H groups in total. The van der Waals surface area contributed by atoms with Gasteiger partial charge in [0.1, 0.15) is 0 Å². The standard InChI is InChI=1S/C23H23Cl2N5/c1-29(2)11-14-12-30(13-17-18(24)4-3-5-19(17)25)21-9-8-20-16(22(14)21)10-26-23(28-20)27-15-6-7-15/h3-5,8-10,12,15H,6-7,11,13H2,1-2H3,(H,26,27,28). The van der Waals surface area contributed by atoms with Crippen LogP contribution in [0.3, 0.4) is 0 Å². The predicted molar refractivity (Wildman–Crippen MR) is 125 cm³/mol. The number of benzene rings is 2. The molecule has 5 rings (SSSR count). The highest BCUT2D eigenvalue weighted by Crippen LogP contribution is 2.33. The zero-order valence-corrected chi connectivity index (χ0v) is 18.5. The topological polar surface area (TPSA) is 46.0 Å². The molecule has 1 aliphatic carbocycles. The zero-order valence-electron chi connectivity index (χ0n) is 17.0. The molecule has 2 heterocycles. The van der Waals surface area contributed by atoms with E-state index in [1.165, 1.54) is 23.8 Å². The molecule has 4 aromatic rings. The van der Waals surface area contributed by atoms with E-state index in [2.05, 4.69) is 52.2 Å². The quantitative estimate of drug-likeness (QED) is 0.426. The van der Waals surface area contributed by atoms with E-state index < -0.39 is 0 Å². The highest BCUT2D eigenvalue weighted by atomic mass is 35.5. The number of nitrogens with one attached hydrogen (secondary N) is 1. The van der Waals surface area contributed by atoms with E-state index in [4.69, 9.17) is 28.2 Å². The summed E-state index contributed by atoms with van der Waals surface area (Å²) in [4.78, 5) is 11.5. The third kappa shape index (κ3) is 3.73. The third-order valence-corrected chi connectivity index (χ3v) is 6.18. The highest BCUT2D eigenvalue weighted by molar-refractivity contribution is 6.36. The summed E-state index contributed by atoms with van der Waals surface area (Å²) in [5.74, 6) is 0.709. The summed E-state index contributed by atoms with van der Waals surface area (Å²) in [7, 11) is 4.15. The van der Waals surface area contributed by atoms with E-state index in [-0.39, 0.29) is 0 Å². The minimum atomic E-state index is 0.525. The third-order valence-electron chi connectivity index (χ3n) is 5.47. The monoisotopic (exact) mass is 439 g/mol. The van der Waals surface area contributed by atoms with Crippen LogP contribution in [0.25, 0.3) is 21.8 Å².